The molecule has 6 rings (SSSR count). The quantitative estimate of drug-likeness (QED) is 0.286. The molecule has 248 valence electrons. The van der Waals surface area contributed by atoms with E-state index in [-0.39, 0.29) is 37.3 Å². The third-order valence-electron chi connectivity index (χ3n) is 9.88. The Bertz CT molecular complexity index is 1610. The van der Waals surface area contributed by atoms with E-state index in [9.17, 15) is 24.3 Å². The van der Waals surface area contributed by atoms with Crippen molar-refractivity contribution in [2.75, 3.05) is 42.6 Å². The minimum absolute atomic E-state index is 0.0117. The molecule has 0 unspecified atom stereocenters. The van der Waals surface area contributed by atoms with Crippen molar-refractivity contribution in [2.24, 2.45) is 5.92 Å². The van der Waals surface area contributed by atoms with Gasteiger partial charge in [-0.25, -0.2) is 0 Å². The highest BCUT2D eigenvalue weighted by atomic mass is 28.4. The molecule has 3 aromatic carbocycles. The highest BCUT2D eigenvalue weighted by Gasteiger charge is 2.66. The lowest BCUT2D eigenvalue weighted by atomic mass is 9.82. The first-order valence-corrected chi connectivity index (χ1v) is 19.4. The van der Waals surface area contributed by atoms with Crippen molar-refractivity contribution >= 4 is 37.4 Å². The van der Waals surface area contributed by atoms with Crippen molar-refractivity contribution in [3.8, 4) is 0 Å². The number of amides is 3. The van der Waals surface area contributed by atoms with Gasteiger partial charge in [-0.3, -0.25) is 14.4 Å². The van der Waals surface area contributed by atoms with Gasteiger partial charge in [0.05, 0.1) is 37.9 Å². The summed E-state index contributed by atoms with van der Waals surface area (Å²) in [6.45, 7) is 7.95. The van der Waals surface area contributed by atoms with Gasteiger partial charge in [-0.1, -0.05) is 67.6 Å². The van der Waals surface area contributed by atoms with Gasteiger partial charge in [0.25, 0.3) is 5.91 Å². The summed E-state index contributed by atoms with van der Waals surface area (Å²) in [5.41, 5.74) is 2.42. The highest BCUT2D eigenvalue weighted by molar-refractivity contribution is 6.71. The minimum Gasteiger partial charge on any atom is -0.432 e. The van der Waals surface area contributed by atoms with Crippen molar-refractivity contribution in [3.05, 3.63) is 95.6 Å². The number of anilines is 2. The molecule has 2 saturated heterocycles. The fourth-order valence-electron chi connectivity index (χ4n) is 7.75. The summed E-state index contributed by atoms with van der Waals surface area (Å²) in [7, 11) is -2.97. The fraction of sp³-hybridized carbons (Fsp3) is 0.417. The number of carbonyl (C=O) groups is 3. The van der Waals surface area contributed by atoms with Gasteiger partial charge in [-0.15, -0.1) is 0 Å². The van der Waals surface area contributed by atoms with E-state index >= 15 is 0 Å². The number of piperazine rings is 1. The van der Waals surface area contributed by atoms with E-state index in [4.69, 9.17) is 4.74 Å². The molecule has 11 heteroatoms. The maximum atomic E-state index is 14.7. The predicted octanol–water partition coefficient (Wildman–Crippen LogP) is 3.38. The molecule has 3 N–H and O–H groups in total. The van der Waals surface area contributed by atoms with E-state index in [1.165, 1.54) is 0 Å². The molecule has 2 fully saturated rings. The van der Waals surface area contributed by atoms with Gasteiger partial charge in [0, 0.05) is 48.9 Å². The molecule has 3 aliphatic heterocycles. The number of carbonyl (C=O) groups excluding carboxylic acids is 3. The monoisotopic (exact) mass is 656 g/mol. The molecule has 1 spiro atoms. The Balaban J connectivity index is 1.28. The van der Waals surface area contributed by atoms with Gasteiger partial charge in [0.15, 0.2) is 13.9 Å². The number of ether oxygens (including phenoxy) is 1. The Kier molecular flexibility index (Phi) is 9.37. The van der Waals surface area contributed by atoms with Gasteiger partial charge in [0.1, 0.15) is 0 Å². The first-order chi connectivity index (χ1) is 22.5. The number of para-hydroxylation sites is 1. The molecule has 3 amide bonds. The second kappa shape index (κ2) is 13.3. The van der Waals surface area contributed by atoms with Crippen LogP contribution in [0.5, 0.6) is 0 Å². The Morgan fingerprint density at radius 2 is 1.72 bits per heavy atom. The zero-order valence-corrected chi connectivity index (χ0v) is 28.3. The summed E-state index contributed by atoms with van der Waals surface area (Å²) < 4.78 is 6.85. The number of hydrogen-bond donors (Lipinski definition) is 3. The van der Waals surface area contributed by atoms with Crippen LogP contribution in [0.4, 0.5) is 11.4 Å². The Labute approximate surface area is 277 Å². The second-order valence-corrected chi connectivity index (χ2v) is 17.4. The van der Waals surface area contributed by atoms with Crippen LogP contribution in [0.25, 0.3) is 0 Å². The average Bonchev–Trinajstić information content (AvgIpc) is 3.48. The number of fused-ring (bicyclic) bond motifs is 2. The number of rotatable bonds is 10. The molecule has 3 aliphatic rings. The molecule has 0 aliphatic carbocycles. The highest BCUT2D eigenvalue weighted by Crippen LogP contribution is 2.59. The van der Waals surface area contributed by atoms with Crippen LogP contribution in [0, 0.1) is 5.92 Å². The number of hydrogen-bond acceptors (Lipinski definition) is 7. The van der Waals surface area contributed by atoms with Crippen molar-refractivity contribution in [1.82, 2.24) is 10.2 Å². The van der Waals surface area contributed by atoms with E-state index in [1.807, 2.05) is 98.9 Å². The molecule has 4 atom stereocenters. The van der Waals surface area contributed by atoms with Crippen LogP contribution in [-0.4, -0.2) is 79.7 Å². The fourth-order valence-corrected chi connectivity index (χ4v) is 10.3. The van der Waals surface area contributed by atoms with Crippen molar-refractivity contribution in [3.63, 3.8) is 0 Å². The predicted molar refractivity (Wildman–Crippen MR) is 182 cm³/mol. The topological polar surface area (TPSA) is 123 Å². The van der Waals surface area contributed by atoms with Gasteiger partial charge < -0.3 is 34.7 Å². The molecular formula is C36H44N4O6Si. The summed E-state index contributed by atoms with van der Waals surface area (Å²) in [6, 6.07) is 25.0. The number of benzene rings is 3. The van der Waals surface area contributed by atoms with Gasteiger partial charge in [-0.2, -0.15) is 0 Å². The molecular weight excluding hydrogens is 613 g/mol. The van der Waals surface area contributed by atoms with Gasteiger partial charge in [-0.05, 0) is 42.4 Å². The lowest BCUT2D eigenvalue weighted by molar-refractivity contribution is -0.150. The van der Waals surface area contributed by atoms with E-state index < -0.39 is 31.5 Å². The molecule has 0 saturated carbocycles. The Morgan fingerprint density at radius 3 is 2.40 bits per heavy atom. The van der Waals surface area contributed by atoms with Crippen molar-refractivity contribution in [1.29, 1.82) is 0 Å². The number of aliphatic hydroxyl groups is 1. The largest absolute Gasteiger partial charge is 0.432 e. The zero-order valence-electron chi connectivity index (χ0n) is 27.3. The first-order valence-electron chi connectivity index (χ1n) is 16.4. The standard InChI is InChI=1S/C36H44N4O6Si/c1-25-34(47(2,3)45)31(21-32(42)38(19-20-41)23-26-9-5-4-6-10-26)46-36(25)29-11-7-8-12-30(29)40(35(36)44)24-27-13-15-28(16-14-27)39-18-17-37-22-33(39)43/h4-16,25,31,34,37,41,45H,17-24H2,1-3H3/t25-,31+,34-,36+/m0/s1. The van der Waals surface area contributed by atoms with E-state index in [0.717, 1.165) is 34.6 Å². The maximum Gasteiger partial charge on any atom is 0.264 e. The normalized spacial score (nSPS) is 24.2. The van der Waals surface area contributed by atoms with Crippen LogP contribution >= 0.6 is 0 Å². The average molecular weight is 657 g/mol. The third-order valence-corrected chi connectivity index (χ3v) is 12.4. The van der Waals surface area contributed by atoms with Crippen LogP contribution in [-0.2, 0) is 37.8 Å². The SMILES string of the molecule is C[C@H]1[C@H]([Si](C)(C)O)[C@@H](CC(=O)N(CCO)Cc2ccccc2)O[C@]12C(=O)N(Cc1ccc(N3CCNCC3=O)cc1)c1ccccc12. The van der Waals surface area contributed by atoms with Crippen LogP contribution in [0.3, 0.4) is 0 Å². The Morgan fingerprint density at radius 1 is 1.02 bits per heavy atom. The van der Waals surface area contributed by atoms with Gasteiger partial charge >= 0.3 is 0 Å². The summed E-state index contributed by atoms with van der Waals surface area (Å²) >= 11 is 0. The second-order valence-electron chi connectivity index (χ2n) is 13.4. The Hall–Kier alpha value is -3.87. The van der Waals surface area contributed by atoms with Crippen LogP contribution < -0.4 is 15.1 Å². The molecule has 0 bridgehead atoms. The van der Waals surface area contributed by atoms with Crippen LogP contribution in [0.1, 0.15) is 30.0 Å². The number of aliphatic hydroxyl groups excluding tert-OH is 1. The lowest BCUT2D eigenvalue weighted by Gasteiger charge is -2.32. The van der Waals surface area contributed by atoms with Crippen molar-refractivity contribution < 1.29 is 29.0 Å². The molecule has 0 radical (unpaired) electrons. The summed E-state index contributed by atoms with van der Waals surface area (Å²) in [6.07, 6.45) is -0.698. The van der Waals surface area contributed by atoms with E-state index in [2.05, 4.69) is 5.32 Å². The summed E-state index contributed by atoms with van der Waals surface area (Å²) in [5, 5.41) is 12.9. The zero-order chi connectivity index (χ0) is 33.3. The maximum absolute atomic E-state index is 14.7. The molecule has 47 heavy (non-hydrogen) atoms. The number of nitrogens with zero attached hydrogens (tertiary/aromatic N) is 3. The van der Waals surface area contributed by atoms with E-state index in [0.29, 0.717) is 26.2 Å². The molecule has 3 heterocycles. The molecule has 10 nitrogen and oxygen atoms in total. The molecule has 3 aromatic rings. The first kappa shape index (κ1) is 33.0. The van der Waals surface area contributed by atoms with Crippen LogP contribution in [0.15, 0.2) is 78.9 Å². The van der Waals surface area contributed by atoms with E-state index in [1.54, 1.807) is 14.7 Å². The van der Waals surface area contributed by atoms with Crippen LogP contribution in [0.2, 0.25) is 18.6 Å². The summed E-state index contributed by atoms with van der Waals surface area (Å²) in [4.78, 5) is 57.7. The van der Waals surface area contributed by atoms with Gasteiger partial charge in [0.2, 0.25) is 11.8 Å². The minimum atomic E-state index is -2.97. The third kappa shape index (κ3) is 6.26. The molecule has 0 aromatic heterocycles. The lowest BCUT2D eigenvalue weighted by Crippen LogP contribution is -2.48. The summed E-state index contributed by atoms with van der Waals surface area (Å²) in [5.74, 6) is -0.770. The smallest absolute Gasteiger partial charge is 0.264 e. The van der Waals surface area contributed by atoms with Crippen molar-refractivity contribution in [2.45, 2.75) is 56.8 Å². The number of nitrogens with one attached hydrogen (secondary N) is 1.